The predicted octanol–water partition coefficient (Wildman–Crippen LogP) is 1.00. The van der Waals surface area contributed by atoms with Gasteiger partial charge in [-0.1, -0.05) is 0 Å². The van der Waals surface area contributed by atoms with E-state index in [1.807, 2.05) is 16.8 Å². The molecule has 2 aromatic heterocycles. The van der Waals surface area contributed by atoms with Gasteiger partial charge in [-0.15, -0.1) is 0 Å². The van der Waals surface area contributed by atoms with Crippen LogP contribution in [0, 0.1) is 0 Å². The molecule has 1 amide bonds. The molecule has 122 valence electrons. The summed E-state index contributed by atoms with van der Waals surface area (Å²) >= 11 is 0. The van der Waals surface area contributed by atoms with Crippen LogP contribution in [0.5, 0.6) is 0 Å². The lowest BCUT2D eigenvalue weighted by atomic mass is 10.3. The third-order valence-electron chi connectivity index (χ3n) is 3.91. The molecule has 0 saturated heterocycles. The van der Waals surface area contributed by atoms with E-state index in [-0.39, 0.29) is 12.5 Å². The van der Waals surface area contributed by atoms with Gasteiger partial charge in [0.1, 0.15) is 0 Å². The number of aliphatic hydroxyl groups is 1. The average molecular weight is 315 g/mol. The summed E-state index contributed by atoms with van der Waals surface area (Å²) in [6.45, 7) is 3.22. The van der Waals surface area contributed by atoms with Crippen LogP contribution in [0.3, 0.4) is 0 Å². The van der Waals surface area contributed by atoms with E-state index in [1.54, 1.807) is 18.5 Å². The Kier molecular flexibility index (Phi) is 4.99. The molecule has 2 aromatic rings. The summed E-state index contributed by atoms with van der Waals surface area (Å²) in [6, 6.07) is 5.56. The molecule has 0 fully saturated rings. The summed E-state index contributed by atoms with van der Waals surface area (Å²) in [5.41, 5.74) is 2.52. The van der Waals surface area contributed by atoms with Crippen molar-refractivity contribution in [3.8, 4) is 0 Å². The number of amides is 1. The molecule has 3 rings (SSSR count). The highest BCUT2D eigenvalue weighted by molar-refractivity contribution is 5.90. The van der Waals surface area contributed by atoms with Crippen molar-refractivity contribution < 1.29 is 9.90 Å². The Morgan fingerprint density at radius 1 is 1.39 bits per heavy atom. The van der Waals surface area contributed by atoms with E-state index in [2.05, 4.69) is 20.3 Å². The maximum atomic E-state index is 12.0. The minimum absolute atomic E-state index is 0.00759. The van der Waals surface area contributed by atoms with Crippen LogP contribution in [0.4, 0.5) is 5.69 Å². The number of fused-ring (bicyclic) bond motifs is 1. The summed E-state index contributed by atoms with van der Waals surface area (Å²) in [4.78, 5) is 18.3. The second-order valence-corrected chi connectivity index (χ2v) is 5.68. The summed E-state index contributed by atoms with van der Waals surface area (Å²) < 4.78 is 1.96. The molecule has 1 aliphatic heterocycles. The Morgan fingerprint density at radius 2 is 2.30 bits per heavy atom. The number of nitrogens with zero attached hydrogens (tertiary/aromatic N) is 4. The van der Waals surface area contributed by atoms with Crippen molar-refractivity contribution in [2.24, 2.45) is 0 Å². The van der Waals surface area contributed by atoms with Gasteiger partial charge in [-0.05, 0) is 24.6 Å². The molecule has 0 aliphatic carbocycles. The molecule has 0 unspecified atom stereocenters. The monoisotopic (exact) mass is 315 g/mol. The zero-order chi connectivity index (χ0) is 16.1. The van der Waals surface area contributed by atoms with E-state index < -0.39 is 0 Å². The van der Waals surface area contributed by atoms with E-state index >= 15 is 0 Å². The highest BCUT2D eigenvalue weighted by Crippen LogP contribution is 2.14. The molecule has 2 N–H and O–H groups in total. The summed E-state index contributed by atoms with van der Waals surface area (Å²) in [7, 11) is 0. The number of aromatic nitrogens is 3. The van der Waals surface area contributed by atoms with Crippen molar-refractivity contribution in [3.63, 3.8) is 0 Å². The van der Waals surface area contributed by atoms with Gasteiger partial charge in [-0.3, -0.25) is 19.4 Å². The molecule has 0 atom stereocenters. The van der Waals surface area contributed by atoms with Crippen LogP contribution < -0.4 is 5.32 Å². The third-order valence-corrected chi connectivity index (χ3v) is 3.91. The summed E-state index contributed by atoms with van der Waals surface area (Å²) in [5.74, 6) is -0.00759. The Bertz CT molecular complexity index is 656. The van der Waals surface area contributed by atoms with Crippen molar-refractivity contribution in [2.45, 2.75) is 32.5 Å². The van der Waals surface area contributed by atoms with E-state index in [9.17, 15) is 9.90 Å². The average Bonchev–Trinajstić information content (AvgIpc) is 2.85. The molecular formula is C16H21N5O2. The van der Waals surface area contributed by atoms with Crippen molar-refractivity contribution in [1.82, 2.24) is 19.7 Å². The molecule has 3 heterocycles. The number of rotatable bonds is 5. The first-order chi connectivity index (χ1) is 11.2. The minimum Gasteiger partial charge on any atom is -0.390 e. The van der Waals surface area contributed by atoms with Crippen LogP contribution in [-0.4, -0.2) is 43.8 Å². The maximum Gasteiger partial charge on any atom is 0.225 e. The van der Waals surface area contributed by atoms with Gasteiger partial charge >= 0.3 is 0 Å². The number of hydrogen-bond acceptors (Lipinski definition) is 5. The molecule has 7 nitrogen and oxygen atoms in total. The number of anilines is 1. The largest absolute Gasteiger partial charge is 0.390 e. The van der Waals surface area contributed by atoms with E-state index in [0.29, 0.717) is 18.7 Å². The lowest BCUT2D eigenvalue weighted by Gasteiger charge is -2.19. The van der Waals surface area contributed by atoms with Gasteiger partial charge in [0.15, 0.2) is 0 Å². The first-order valence-electron chi connectivity index (χ1n) is 7.83. The standard InChI is InChI=1S/C16H21N5O2/c22-12-14-9-15-11-20(6-2-7-21(15)19-14)8-4-16(23)18-13-3-1-5-17-10-13/h1,3,5,9-10,22H,2,4,6-8,11-12H2,(H,18,23). The Labute approximate surface area is 134 Å². The molecule has 7 heteroatoms. The first-order valence-corrected chi connectivity index (χ1v) is 7.83. The number of carbonyl (C=O) groups is 1. The number of aryl methyl sites for hydroxylation is 1. The Hall–Kier alpha value is -2.25. The molecule has 1 aliphatic rings. The van der Waals surface area contributed by atoms with Gasteiger partial charge in [0.05, 0.1) is 29.9 Å². The van der Waals surface area contributed by atoms with Crippen LogP contribution in [0.25, 0.3) is 0 Å². The molecule has 23 heavy (non-hydrogen) atoms. The zero-order valence-corrected chi connectivity index (χ0v) is 13.0. The van der Waals surface area contributed by atoms with Gasteiger partial charge in [-0.2, -0.15) is 5.10 Å². The number of carbonyl (C=O) groups excluding carboxylic acids is 1. The van der Waals surface area contributed by atoms with Crippen molar-refractivity contribution >= 4 is 11.6 Å². The van der Waals surface area contributed by atoms with Gasteiger partial charge in [0.2, 0.25) is 5.91 Å². The van der Waals surface area contributed by atoms with Gasteiger partial charge < -0.3 is 10.4 Å². The fourth-order valence-electron chi connectivity index (χ4n) is 2.78. The Morgan fingerprint density at radius 3 is 3.09 bits per heavy atom. The second kappa shape index (κ2) is 7.34. The smallest absolute Gasteiger partial charge is 0.225 e. The summed E-state index contributed by atoms with van der Waals surface area (Å²) in [5, 5.41) is 16.4. The van der Waals surface area contributed by atoms with Crippen LogP contribution in [-0.2, 0) is 24.5 Å². The summed E-state index contributed by atoms with van der Waals surface area (Å²) in [6.07, 6.45) is 4.75. The molecule has 0 spiro atoms. The van der Waals surface area contributed by atoms with Crippen LogP contribution in [0.1, 0.15) is 24.2 Å². The fourth-order valence-corrected chi connectivity index (χ4v) is 2.78. The van der Waals surface area contributed by atoms with Crippen molar-refractivity contribution in [3.05, 3.63) is 42.0 Å². The molecule has 0 saturated carbocycles. The third kappa shape index (κ3) is 4.14. The van der Waals surface area contributed by atoms with Gasteiger partial charge in [0.25, 0.3) is 0 Å². The van der Waals surface area contributed by atoms with E-state index in [4.69, 9.17) is 0 Å². The maximum absolute atomic E-state index is 12.0. The van der Waals surface area contributed by atoms with Gasteiger partial charge in [-0.25, -0.2) is 0 Å². The quantitative estimate of drug-likeness (QED) is 0.860. The number of aliphatic hydroxyl groups excluding tert-OH is 1. The molecular weight excluding hydrogens is 294 g/mol. The molecule has 0 bridgehead atoms. The number of pyridine rings is 1. The van der Waals surface area contributed by atoms with Crippen LogP contribution in [0.2, 0.25) is 0 Å². The zero-order valence-electron chi connectivity index (χ0n) is 13.0. The second-order valence-electron chi connectivity index (χ2n) is 5.68. The molecule has 0 aromatic carbocycles. The van der Waals surface area contributed by atoms with Crippen molar-refractivity contribution in [1.29, 1.82) is 0 Å². The highest BCUT2D eigenvalue weighted by atomic mass is 16.3. The number of hydrogen-bond donors (Lipinski definition) is 2. The first kappa shape index (κ1) is 15.6. The molecule has 0 radical (unpaired) electrons. The van der Waals surface area contributed by atoms with Crippen LogP contribution >= 0.6 is 0 Å². The fraction of sp³-hybridized carbons (Fsp3) is 0.438. The lowest BCUT2D eigenvalue weighted by Crippen LogP contribution is -2.27. The normalized spacial score (nSPS) is 15.0. The lowest BCUT2D eigenvalue weighted by molar-refractivity contribution is -0.116. The topological polar surface area (TPSA) is 83.3 Å². The van der Waals surface area contributed by atoms with E-state index in [1.165, 1.54) is 0 Å². The SMILES string of the molecule is O=C(CCN1CCCn2nc(CO)cc2C1)Nc1cccnc1. The minimum atomic E-state index is -0.0342. The van der Waals surface area contributed by atoms with Gasteiger partial charge in [0, 0.05) is 38.8 Å². The van der Waals surface area contributed by atoms with E-state index in [0.717, 1.165) is 37.4 Å². The highest BCUT2D eigenvalue weighted by Gasteiger charge is 2.17. The predicted molar refractivity (Wildman–Crippen MR) is 85.5 cm³/mol. The Balaban J connectivity index is 1.53. The number of nitrogens with one attached hydrogen (secondary N) is 1. The van der Waals surface area contributed by atoms with Crippen molar-refractivity contribution in [2.75, 3.05) is 18.4 Å². The van der Waals surface area contributed by atoms with Crippen LogP contribution in [0.15, 0.2) is 30.6 Å².